The monoisotopic (exact) mass is 357 g/mol. The van der Waals surface area contributed by atoms with E-state index >= 15 is 0 Å². The van der Waals surface area contributed by atoms with Crippen molar-refractivity contribution in [2.75, 3.05) is 32.8 Å². The molecule has 0 spiro atoms. The van der Waals surface area contributed by atoms with Crippen LogP contribution in [0.15, 0.2) is 36.5 Å². The van der Waals surface area contributed by atoms with Crippen LogP contribution in [0.1, 0.15) is 23.0 Å². The molecule has 1 aromatic heterocycles. The highest BCUT2D eigenvalue weighted by atomic mass is 16.5. The first-order valence-corrected chi connectivity index (χ1v) is 8.77. The van der Waals surface area contributed by atoms with Gasteiger partial charge < -0.3 is 9.64 Å². The molecule has 26 heavy (non-hydrogen) atoms. The van der Waals surface area contributed by atoms with Crippen LogP contribution in [-0.2, 0) is 22.6 Å². The van der Waals surface area contributed by atoms with E-state index in [1.165, 1.54) is 16.4 Å². The fourth-order valence-electron chi connectivity index (χ4n) is 2.91. The average molecular weight is 357 g/mol. The first-order chi connectivity index (χ1) is 12.7. The lowest BCUT2D eigenvalue weighted by Crippen LogP contribution is -2.49. The molecular formula is C18H23N5O3. The summed E-state index contributed by atoms with van der Waals surface area (Å²) < 4.78 is 6.25. The zero-order valence-corrected chi connectivity index (χ0v) is 14.9. The van der Waals surface area contributed by atoms with E-state index in [1.54, 1.807) is 6.92 Å². The van der Waals surface area contributed by atoms with E-state index < -0.39 is 5.97 Å². The number of benzene rings is 1. The van der Waals surface area contributed by atoms with Gasteiger partial charge >= 0.3 is 5.97 Å². The molecule has 0 saturated carbocycles. The summed E-state index contributed by atoms with van der Waals surface area (Å²) in [5, 5.41) is 7.58. The van der Waals surface area contributed by atoms with Gasteiger partial charge in [-0.1, -0.05) is 35.5 Å². The number of ether oxygens (including phenoxy) is 1. The molecule has 1 aliphatic rings. The molecule has 1 saturated heterocycles. The van der Waals surface area contributed by atoms with Crippen molar-refractivity contribution in [3.05, 3.63) is 47.8 Å². The van der Waals surface area contributed by atoms with Crippen molar-refractivity contribution in [1.29, 1.82) is 0 Å². The number of carbonyl (C=O) groups is 2. The van der Waals surface area contributed by atoms with Crippen LogP contribution in [0.4, 0.5) is 0 Å². The number of aromatic nitrogens is 3. The quantitative estimate of drug-likeness (QED) is 0.712. The summed E-state index contributed by atoms with van der Waals surface area (Å²) in [5.41, 5.74) is 1.40. The third-order valence-electron chi connectivity index (χ3n) is 4.29. The lowest BCUT2D eigenvalue weighted by molar-refractivity contribution is -0.133. The van der Waals surface area contributed by atoms with Gasteiger partial charge in [-0.25, -0.2) is 9.48 Å². The molecule has 3 rings (SSSR count). The Morgan fingerprint density at radius 1 is 1.12 bits per heavy atom. The Hall–Kier alpha value is -2.74. The Kier molecular flexibility index (Phi) is 5.96. The minimum atomic E-state index is -0.527. The van der Waals surface area contributed by atoms with Crippen LogP contribution in [0, 0.1) is 0 Å². The van der Waals surface area contributed by atoms with E-state index in [4.69, 9.17) is 4.74 Å². The van der Waals surface area contributed by atoms with Gasteiger partial charge in [-0.05, 0) is 12.5 Å². The van der Waals surface area contributed by atoms with Crippen LogP contribution in [0.5, 0.6) is 0 Å². The molecule has 2 heterocycles. The maximum absolute atomic E-state index is 12.4. The van der Waals surface area contributed by atoms with Crippen molar-refractivity contribution in [1.82, 2.24) is 24.8 Å². The van der Waals surface area contributed by atoms with Gasteiger partial charge in [0.2, 0.25) is 5.91 Å². The lowest BCUT2D eigenvalue weighted by atomic mass is 10.2. The molecule has 1 amide bonds. The van der Waals surface area contributed by atoms with E-state index in [0.717, 1.165) is 19.6 Å². The van der Waals surface area contributed by atoms with Crippen molar-refractivity contribution in [3.63, 3.8) is 0 Å². The second-order valence-corrected chi connectivity index (χ2v) is 6.16. The molecule has 138 valence electrons. The van der Waals surface area contributed by atoms with Crippen LogP contribution in [-0.4, -0.2) is 69.5 Å². The van der Waals surface area contributed by atoms with Gasteiger partial charge in [0.05, 0.1) is 12.8 Å². The van der Waals surface area contributed by atoms with Gasteiger partial charge in [0.15, 0.2) is 5.69 Å². The van der Waals surface area contributed by atoms with Gasteiger partial charge in [-0.3, -0.25) is 9.69 Å². The minimum absolute atomic E-state index is 0.0235. The van der Waals surface area contributed by atoms with Crippen LogP contribution < -0.4 is 0 Å². The molecule has 1 fully saturated rings. The highest BCUT2D eigenvalue weighted by molar-refractivity contribution is 5.86. The Labute approximate surface area is 152 Å². The van der Waals surface area contributed by atoms with Crippen LogP contribution in [0.2, 0.25) is 0 Å². The molecule has 0 N–H and O–H groups in total. The van der Waals surface area contributed by atoms with Gasteiger partial charge in [0.1, 0.15) is 6.54 Å². The maximum Gasteiger partial charge on any atom is 0.360 e. The SMILES string of the molecule is CCOC(=O)c1cn(CC(=O)N2CCN(Cc3ccccc3)CC2)nn1. The third-order valence-corrected chi connectivity index (χ3v) is 4.29. The number of nitrogens with zero attached hydrogens (tertiary/aromatic N) is 5. The molecule has 0 unspecified atom stereocenters. The van der Waals surface area contributed by atoms with Crippen LogP contribution >= 0.6 is 0 Å². The first-order valence-electron chi connectivity index (χ1n) is 8.77. The van der Waals surface area contributed by atoms with Gasteiger partial charge in [-0.15, -0.1) is 5.10 Å². The number of carbonyl (C=O) groups excluding carboxylic acids is 2. The standard InChI is InChI=1S/C18H23N5O3/c1-2-26-18(25)16-13-23(20-19-16)14-17(24)22-10-8-21(9-11-22)12-15-6-4-3-5-7-15/h3-7,13H,2,8-12,14H2,1H3. The van der Waals surface area contributed by atoms with E-state index in [-0.39, 0.29) is 24.8 Å². The highest BCUT2D eigenvalue weighted by Crippen LogP contribution is 2.09. The molecule has 0 aliphatic carbocycles. The number of amides is 1. The molecule has 0 atom stereocenters. The molecule has 1 aliphatic heterocycles. The average Bonchev–Trinajstić information content (AvgIpc) is 3.12. The summed E-state index contributed by atoms with van der Waals surface area (Å²) in [7, 11) is 0. The second-order valence-electron chi connectivity index (χ2n) is 6.16. The summed E-state index contributed by atoms with van der Waals surface area (Å²) in [4.78, 5) is 28.2. The van der Waals surface area contributed by atoms with E-state index in [1.807, 2.05) is 23.1 Å². The Morgan fingerprint density at radius 2 is 1.85 bits per heavy atom. The predicted octanol–water partition coefficient (Wildman–Crippen LogP) is 0.799. The smallest absolute Gasteiger partial charge is 0.360 e. The summed E-state index contributed by atoms with van der Waals surface area (Å²) in [6, 6.07) is 10.3. The number of hydrogen-bond acceptors (Lipinski definition) is 6. The van der Waals surface area contributed by atoms with Crippen molar-refractivity contribution in [3.8, 4) is 0 Å². The second kappa shape index (κ2) is 8.57. The number of hydrogen-bond donors (Lipinski definition) is 0. The zero-order valence-electron chi connectivity index (χ0n) is 14.9. The number of esters is 1. The summed E-state index contributed by atoms with van der Waals surface area (Å²) >= 11 is 0. The fraction of sp³-hybridized carbons (Fsp3) is 0.444. The summed E-state index contributed by atoms with van der Waals surface area (Å²) in [6.45, 7) is 6.02. The Bertz CT molecular complexity index is 738. The topological polar surface area (TPSA) is 80.6 Å². The fourth-order valence-corrected chi connectivity index (χ4v) is 2.91. The maximum atomic E-state index is 12.4. The van der Waals surface area contributed by atoms with E-state index in [9.17, 15) is 9.59 Å². The van der Waals surface area contributed by atoms with Gasteiger partial charge in [-0.2, -0.15) is 0 Å². The third kappa shape index (κ3) is 4.66. The van der Waals surface area contributed by atoms with Crippen molar-refractivity contribution in [2.45, 2.75) is 20.0 Å². The molecule has 2 aromatic rings. The largest absolute Gasteiger partial charge is 0.461 e. The minimum Gasteiger partial charge on any atom is -0.461 e. The molecule has 1 aromatic carbocycles. The van der Waals surface area contributed by atoms with Crippen LogP contribution in [0.25, 0.3) is 0 Å². The van der Waals surface area contributed by atoms with Crippen molar-refractivity contribution >= 4 is 11.9 Å². The molecule has 0 radical (unpaired) electrons. The Morgan fingerprint density at radius 3 is 2.54 bits per heavy atom. The summed E-state index contributed by atoms with van der Waals surface area (Å²) in [6.07, 6.45) is 1.45. The Balaban J connectivity index is 1.47. The van der Waals surface area contributed by atoms with E-state index in [2.05, 4.69) is 27.3 Å². The van der Waals surface area contributed by atoms with Crippen molar-refractivity contribution < 1.29 is 14.3 Å². The zero-order chi connectivity index (χ0) is 18.4. The van der Waals surface area contributed by atoms with Gasteiger partial charge in [0, 0.05) is 32.7 Å². The molecule has 8 heteroatoms. The first kappa shape index (κ1) is 18.1. The molecule has 8 nitrogen and oxygen atoms in total. The highest BCUT2D eigenvalue weighted by Gasteiger charge is 2.22. The lowest BCUT2D eigenvalue weighted by Gasteiger charge is -2.34. The number of rotatable bonds is 6. The van der Waals surface area contributed by atoms with Crippen molar-refractivity contribution in [2.24, 2.45) is 0 Å². The molecule has 0 bridgehead atoms. The normalized spacial score (nSPS) is 15.0. The van der Waals surface area contributed by atoms with Gasteiger partial charge in [0.25, 0.3) is 0 Å². The predicted molar refractivity (Wildman–Crippen MR) is 94.3 cm³/mol. The van der Waals surface area contributed by atoms with Crippen LogP contribution in [0.3, 0.4) is 0 Å². The molecular weight excluding hydrogens is 334 g/mol. The number of piperazine rings is 1. The van der Waals surface area contributed by atoms with E-state index in [0.29, 0.717) is 13.1 Å². The summed E-state index contributed by atoms with van der Waals surface area (Å²) in [5.74, 6) is -0.551.